The summed E-state index contributed by atoms with van der Waals surface area (Å²) in [5, 5.41) is 12.5. The Morgan fingerprint density at radius 1 is 1.08 bits per heavy atom. The van der Waals surface area contributed by atoms with Gasteiger partial charge in [0, 0.05) is 43.4 Å². The molecule has 132 valence electrons. The topological polar surface area (TPSA) is 70.2 Å². The molecule has 1 heterocycles. The van der Waals surface area contributed by atoms with Crippen molar-refractivity contribution < 1.29 is 13.5 Å². The molecule has 0 fully saturated rings. The van der Waals surface area contributed by atoms with Gasteiger partial charge in [0.25, 0.3) is 0 Å². The summed E-state index contributed by atoms with van der Waals surface area (Å²) in [4.78, 5) is 3.08. The fourth-order valence-electron chi connectivity index (χ4n) is 2.81. The molecule has 0 saturated heterocycles. The van der Waals surface area contributed by atoms with Crippen LogP contribution < -0.4 is 0 Å². The SMILES string of the molecule is CS(=O)(=O)CC(O)c1[nH]c2ccc(Cl)cc2c1-c1c(Cl)cccc1Cl. The fourth-order valence-corrected chi connectivity index (χ4v) is 4.31. The molecule has 25 heavy (non-hydrogen) atoms. The van der Waals surface area contributed by atoms with Gasteiger partial charge in [0.05, 0.1) is 11.4 Å². The molecule has 0 amide bonds. The highest BCUT2D eigenvalue weighted by molar-refractivity contribution is 7.90. The number of nitrogens with one attached hydrogen (secondary N) is 1. The number of H-pyrrole nitrogens is 1. The molecule has 1 atom stereocenters. The van der Waals surface area contributed by atoms with E-state index >= 15 is 0 Å². The van der Waals surface area contributed by atoms with Gasteiger partial charge in [-0.15, -0.1) is 0 Å². The highest BCUT2D eigenvalue weighted by Gasteiger charge is 2.25. The molecule has 3 rings (SSSR count). The number of benzene rings is 2. The smallest absolute Gasteiger partial charge is 0.150 e. The predicted octanol–water partition coefficient (Wildman–Crippen LogP) is 4.87. The highest BCUT2D eigenvalue weighted by atomic mass is 35.5. The second-order valence-corrected chi connectivity index (χ2v) is 9.24. The van der Waals surface area contributed by atoms with Crippen LogP contribution >= 0.6 is 34.8 Å². The molecule has 0 aliphatic carbocycles. The monoisotopic (exact) mass is 417 g/mol. The van der Waals surface area contributed by atoms with E-state index in [-0.39, 0.29) is 0 Å². The third-order valence-corrected chi connectivity index (χ3v) is 5.58. The van der Waals surface area contributed by atoms with Gasteiger partial charge in [-0.05, 0) is 30.3 Å². The third-order valence-electron chi connectivity index (χ3n) is 3.80. The van der Waals surface area contributed by atoms with Gasteiger partial charge in [0.2, 0.25) is 0 Å². The first-order valence-electron chi connectivity index (χ1n) is 7.28. The number of aliphatic hydroxyl groups excluding tert-OH is 1. The average molecular weight is 419 g/mol. The summed E-state index contributed by atoms with van der Waals surface area (Å²) in [6.07, 6.45) is -0.193. The molecule has 1 unspecified atom stereocenters. The number of aromatic nitrogens is 1. The van der Waals surface area contributed by atoms with Crippen molar-refractivity contribution in [3.8, 4) is 11.1 Å². The predicted molar refractivity (Wildman–Crippen MR) is 103 cm³/mol. The van der Waals surface area contributed by atoms with Crippen LogP contribution in [0.15, 0.2) is 36.4 Å². The summed E-state index contributed by atoms with van der Waals surface area (Å²) < 4.78 is 23.2. The van der Waals surface area contributed by atoms with Crippen LogP contribution in [-0.4, -0.2) is 30.5 Å². The number of fused-ring (bicyclic) bond motifs is 1. The molecule has 2 aromatic carbocycles. The maximum absolute atomic E-state index is 11.6. The van der Waals surface area contributed by atoms with Gasteiger partial charge >= 0.3 is 0 Å². The van der Waals surface area contributed by atoms with Gasteiger partial charge in [-0.25, -0.2) is 8.42 Å². The molecular formula is C17H14Cl3NO3S. The Hall–Kier alpha value is -1.24. The van der Waals surface area contributed by atoms with Crippen molar-refractivity contribution in [2.45, 2.75) is 6.10 Å². The minimum atomic E-state index is -3.40. The van der Waals surface area contributed by atoms with E-state index < -0.39 is 21.7 Å². The average Bonchev–Trinajstić information content (AvgIpc) is 2.84. The number of rotatable bonds is 4. The zero-order chi connectivity index (χ0) is 18.4. The number of aromatic amines is 1. The fraction of sp³-hybridized carbons (Fsp3) is 0.176. The molecule has 1 aromatic heterocycles. The maximum atomic E-state index is 11.6. The molecule has 3 aromatic rings. The van der Waals surface area contributed by atoms with Crippen LogP contribution in [0.5, 0.6) is 0 Å². The van der Waals surface area contributed by atoms with Crippen LogP contribution in [0, 0.1) is 0 Å². The lowest BCUT2D eigenvalue weighted by Crippen LogP contribution is -2.13. The van der Waals surface area contributed by atoms with E-state index in [0.717, 1.165) is 6.26 Å². The Balaban J connectivity index is 2.34. The van der Waals surface area contributed by atoms with Crippen molar-refractivity contribution >= 4 is 55.5 Å². The number of hydrogen-bond donors (Lipinski definition) is 2. The molecule has 2 N–H and O–H groups in total. The minimum absolute atomic E-state index is 0.331. The highest BCUT2D eigenvalue weighted by Crippen LogP contribution is 2.43. The number of aliphatic hydroxyl groups is 1. The van der Waals surface area contributed by atoms with E-state index in [4.69, 9.17) is 34.8 Å². The third kappa shape index (κ3) is 3.81. The van der Waals surface area contributed by atoms with E-state index in [1.165, 1.54) is 0 Å². The first-order valence-corrected chi connectivity index (χ1v) is 10.5. The number of hydrogen-bond acceptors (Lipinski definition) is 3. The molecule has 0 aliphatic rings. The molecule has 8 heteroatoms. The van der Waals surface area contributed by atoms with Crippen LogP contribution in [0.1, 0.15) is 11.8 Å². The van der Waals surface area contributed by atoms with E-state index in [1.54, 1.807) is 36.4 Å². The molecular weight excluding hydrogens is 405 g/mol. The van der Waals surface area contributed by atoms with Crippen LogP contribution in [0.25, 0.3) is 22.0 Å². The first-order chi connectivity index (χ1) is 11.7. The number of halogens is 3. The van der Waals surface area contributed by atoms with Gasteiger partial charge in [-0.2, -0.15) is 0 Å². The van der Waals surface area contributed by atoms with Crippen molar-refractivity contribution in [1.82, 2.24) is 4.98 Å². The summed E-state index contributed by atoms with van der Waals surface area (Å²) in [6.45, 7) is 0. The molecule has 4 nitrogen and oxygen atoms in total. The molecule has 0 radical (unpaired) electrons. The van der Waals surface area contributed by atoms with Crippen LogP contribution in [0.2, 0.25) is 15.1 Å². The van der Waals surface area contributed by atoms with E-state index in [1.807, 2.05) is 0 Å². The van der Waals surface area contributed by atoms with Gasteiger partial charge in [-0.3, -0.25) is 0 Å². The zero-order valence-electron chi connectivity index (χ0n) is 13.1. The molecule has 0 saturated carbocycles. The zero-order valence-corrected chi connectivity index (χ0v) is 16.1. The molecule has 0 spiro atoms. The van der Waals surface area contributed by atoms with Gasteiger partial charge in [0.15, 0.2) is 0 Å². The lowest BCUT2D eigenvalue weighted by Gasteiger charge is -2.13. The van der Waals surface area contributed by atoms with Crippen molar-refractivity contribution in [2.24, 2.45) is 0 Å². The van der Waals surface area contributed by atoms with E-state index in [2.05, 4.69) is 4.98 Å². The van der Waals surface area contributed by atoms with Crippen molar-refractivity contribution in [3.63, 3.8) is 0 Å². The van der Waals surface area contributed by atoms with Crippen LogP contribution in [-0.2, 0) is 9.84 Å². The molecule has 0 aliphatic heterocycles. The van der Waals surface area contributed by atoms with Crippen LogP contribution in [0.4, 0.5) is 0 Å². The van der Waals surface area contributed by atoms with E-state index in [0.29, 0.717) is 42.8 Å². The largest absolute Gasteiger partial charge is 0.386 e. The summed E-state index contributed by atoms with van der Waals surface area (Å²) in [6, 6.07) is 10.2. The molecule has 0 bridgehead atoms. The maximum Gasteiger partial charge on any atom is 0.150 e. The van der Waals surface area contributed by atoms with Gasteiger partial charge < -0.3 is 10.1 Å². The Morgan fingerprint density at radius 2 is 1.72 bits per heavy atom. The summed E-state index contributed by atoms with van der Waals surface area (Å²) >= 11 is 18.8. The lowest BCUT2D eigenvalue weighted by molar-refractivity contribution is 0.198. The van der Waals surface area contributed by atoms with Gasteiger partial charge in [-0.1, -0.05) is 40.9 Å². The van der Waals surface area contributed by atoms with Crippen LogP contribution in [0.3, 0.4) is 0 Å². The summed E-state index contributed by atoms with van der Waals surface area (Å²) in [5.41, 5.74) is 2.08. The lowest BCUT2D eigenvalue weighted by atomic mass is 10.00. The summed E-state index contributed by atoms with van der Waals surface area (Å²) in [7, 11) is -3.40. The van der Waals surface area contributed by atoms with Crippen molar-refractivity contribution in [3.05, 3.63) is 57.2 Å². The van der Waals surface area contributed by atoms with Crippen molar-refractivity contribution in [1.29, 1.82) is 0 Å². The Bertz CT molecular complexity index is 1040. The Morgan fingerprint density at radius 3 is 2.32 bits per heavy atom. The second-order valence-electron chi connectivity index (χ2n) is 5.81. The van der Waals surface area contributed by atoms with E-state index in [9.17, 15) is 13.5 Å². The first kappa shape index (κ1) is 18.5. The Kier molecular flexibility index (Phi) is 5.06. The second kappa shape index (κ2) is 6.82. The Labute approximate surface area is 160 Å². The quantitative estimate of drug-likeness (QED) is 0.635. The number of sulfone groups is 1. The van der Waals surface area contributed by atoms with Crippen molar-refractivity contribution in [2.75, 3.05) is 12.0 Å². The minimum Gasteiger partial charge on any atom is -0.386 e. The normalized spacial score (nSPS) is 13.3. The standard InChI is InChI=1S/C17H14Cl3NO3S/c1-25(23,24)8-14(22)17-15(16-11(19)3-2-4-12(16)20)10-7-9(18)5-6-13(10)21-17/h2-7,14,21-22H,8H2,1H3. The van der Waals surface area contributed by atoms with Gasteiger partial charge in [0.1, 0.15) is 15.9 Å². The summed E-state index contributed by atoms with van der Waals surface area (Å²) in [5.74, 6) is -0.428.